The predicted molar refractivity (Wildman–Crippen MR) is 48.5 cm³/mol. The maximum absolute atomic E-state index is 10.6. The molecule has 0 aliphatic carbocycles. The number of hydrogen-bond donors (Lipinski definition) is 1. The molecule has 0 fully saturated rings. The highest BCUT2D eigenvalue weighted by molar-refractivity contribution is 6.32. The van der Waals surface area contributed by atoms with E-state index in [1.165, 1.54) is 12.1 Å². The molecule has 0 saturated heterocycles. The molecule has 0 atom stereocenters. The van der Waals surface area contributed by atoms with Crippen LogP contribution in [0.5, 0.6) is 0 Å². The van der Waals surface area contributed by atoms with Crippen LogP contribution in [0.4, 0.5) is 0 Å². The molecule has 1 aromatic rings. The third-order valence-electron chi connectivity index (χ3n) is 1.49. The molecule has 0 spiro atoms. The third-order valence-corrected chi connectivity index (χ3v) is 1.82. The van der Waals surface area contributed by atoms with Gasteiger partial charge >= 0.3 is 5.97 Å². The molecule has 3 heteroatoms. The highest BCUT2D eigenvalue weighted by Crippen LogP contribution is 2.20. The fourth-order valence-corrected chi connectivity index (χ4v) is 1.18. The number of carboxylic acids is 1. The minimum atomic E-state index is -0.993. The first-order chi connectivity index (χ1) is 5.66. The molecule has 0 radical (unpaired) electrons. The van der Waals surface area contributed by atoms with Gasteiger partial charge in [-0.2, -0.15) is 0 Å². The summed E-state index contributed by atoms with van der Waals surface area (Å²) in [6.45, 7) is 3.49. The maximum Gasteiger partial charge on any atom is 0.336 e. The maximum atomic E-state index is 10.6. The van der Waals surface area contributed by atoms with E-state index in [4.69, 9.17) is 16.7 Å². The van der Waals surface area contributed by atoms with Gasteiger partial charge in [-0.3, -0.25) is 0 Å². The summed E-state index contributed by atoms with van der Waals surface area (Å²) in [6.07, 6.45) is 1.44. The summed E-state index contributed by atoms with van der Waals surface area (Å²) < 4.78 is 0. The van der Waals surface area contributed by atoms with Gasteiger partial charge in [0.25, 0.3) is 0 Å². The first kappa shape index (κ1) is 8.81. The normalized spacial score (nSPS) is 9.42. The molecule has 0 aliphatic rings. The largest absolute Gasteiger partial charge is 0.478 e. The SMILES string of the molecule is C=Cc1c(Cl)cccc1C(=O)O. The number of rotatable bonds is 2. The van der Waals surface area contributed by atoms with Crippen molar-refractivity contribution in [3.05, 3.63) is 40.9 Å². The van der Waals surface area contributed by atoms with E-state index in [1.54, 1.807) is 12.1 Å². The summed E-state index contributed by atoms with van der Waals surface area (Å²) in [5.41, 5.74) is 0.643. The Labute approximate surface area is 75.1 Å². The van der Waals surface area contributed by atoms with Crippen molar-refractivity contribution < 1.29 is 9.90 Å². The highest BCUT2D eigenvalue weighted by atomic mass is 35.5. The quantitative estimate of drug-likeness (QED) is 0.764. The van der Waals surface area contributed by atoms with E-state index in [1.807, 2.05) is 0 Å². The second-order valence-electron chi connectivity index (χ2n) is 2.21. The Balaban J connectivity index is 3.37. The van der Waals surface area contributed by atoms with Gasteiger partial charge in [-0.25, -0.2) is 4.79 Å². The van der Waals surface area contributed by atoms with E-state index in [9.17, 15) is 4.79 Å². The van der Waals surface area contributed by atoms with Gasteiger partial charge < -0.3 is 5.11 Å². The van der Waals surface area contributed by atoms with Gasteiger partial charge in [-0.15, -0.1) is 0 Å². The van der Waals surface area contributed by atoms with E-state index >= 15 is 0 Å². The minimum absolute atomic E-state index is 0.178. The predicted octanol–water partition coefficient (Wildman–Crippen LogP) is 2.68. The van der Waals surface area contributed by atoms with Crippen molar-refractivity contribution >= 4 is 23.6 Å². The Hall–Kier alpha value is -1.28. The van der Waals surface area contributed by atoms with Crippen molar-refractivity contribution in [2.75, 3.05) is 0 Å². The van der Waals surface area contributed by atoms with Crippen LogP contribution in [0.1, 0.15) is 15.9 Å². The van der Waals surface area contributed by atoms with E-state index in [0.29, 0.717) is 10.6 Å². The van der Waals surface area contributed by atoms with Crippen LogP contribution in [0.3, 0.4) is 0 Å². The summed E-state index contributed by atoms with van der Waals surface area (Å²) in [5.74, 6) is -0.993. The molecule has 0 bridgehead atoms. The molecule has 2 nitrogen and oxygen atoms in total. The molecule has 0 aromatic heterocycles. The smallest absolute Gasteiger partial charge is 0.336 e. The van der Waals surface area contributed by atoms with Gasteiger partial charge in [-0.1, -0.05) is 30.3 Å². The average molecular weight is 183 g/mol. The zero-order chi connectivity index (χ0) is 9.14. The Morgan fingerprint density at radius 2 is 2.25 bits per heavy atom. The number of carboxylic acid groups (broad SMARTS) is 1. The Morgan fingerprint density at radius 1 is 1.58 bits per heavy atom. The average Bonchev–Trinajstić information content (AvgIpc) is 2.03. The lowest BCUT2D eigenvalue weighted by molar-refractivity contribution is 0.0696. The summed E-state index contributed by atoms with van der Waals surface area (Å²) >= 11 is 5.74. The molecule has 12 heavy (non-hydrogen) atoms. The van der Waals surface area contributed by atoms with E-state index < -0.39 is 5.97 Å². The Kier molecular flexibility index (Phi) is 2.51. The molecular formula is C9H7ClO2. The van der Waals surface area contributed by atoms with Crippen molar-refractivity contribution in [2.24, 2.45) is 0 Å². The zero-order valence-corrected chi connectivity index (χ0v) is 7.01. The van der Waals surface area contributed by atoms with Gasteiger partial charge in [0.15, 0.2) is 0 Å². The molecule has 0 amide bonds. The van der Waals surface area contributed by atoms with E-state index in [-0.39, 0.29) is 5.56 Å². The van der Waals surface area contributed by atoms with Gasteiger partial charge in [0.1, 0.15) is 0 Å². The van der Waals surface area contributed by atoms with Crippen LogP contribution in [0.2, 0.25) is 5.02 Å². The van der Waals surface area contributed by atoms with Crippen molar-refractivity contribution in [1.82, 2.24) is 0 Å². The lowest BCUT2D eigenvalue weighted by Crippen LogP contribution is -1.99. The lowest BCUT2D eigenvalue weighted by Gasteiger charge is -2.01. The van der Waals surface area contributed by atoms with Crippen molar-refractivity contribution in [1.29, 1.82) is 0 Å². The van der Waals surface area contributed by atoms with Crippen molar-refractivity contribution in [3.63, 3.8) is 0 Å². The van der Waals surface area contributed by atoms with Crippen LogP contribution in [0.15, 0.2) is 24.8 Å². The van der Waals surface area contributed by atoms with Crippen molar-refractivity contribution in [2.45, 2.75) is 0 Å². The highest BCUT2D eigenvalue weighted by Gasteiger charge is 2.09. The first-order valence-corrected chi connectivity index (χ1v) is 3.69. The van der Waals surface area contributed by atoms with Crippen LogP contribution in [-0.4, -0.2) is 11.1 Å². The van der Waals surface area contributed by atoms with Gasteiger partial charge in [0.05, 0.1) is 5.56 Å². The summed E-state index contributed by atoms with van der Waals surface area (Å²) in [4.78, 5) is 10.6. The first-order valence-electron chi connectivity index (χ1n) is 3.31. The second kappa shape index (κ2) is 3.41. The topological polar surface area (TPSA) is 37.3 Å². The van der Waals surface area contributed by atoms with E-state index in [2.05, 4.69) is 6.58 Å². The molecule has 0 saturated carbocycles. The second-order valence-corrected chi connectivity index (χ2v) is 2.62. The number of aromatic carboxylic acids is 1. The summed E-state index contributed by atoms with van der Waals surface area (Å²) in [7, 11) is 0. The lowest BCUT2D eigenvalue weighted by atomic mass is 10.1. The fraction of sp³-hybridized carbons (Fsp3) is 0. The summed E-state index contributed by atoms with van der Waals surface area (Å²) in [5, 5.41) is 9.12. The molecule has 0 unspecified atom stereocenters. The molecular weight excluding hydrogens is 176 g/mol. The number of halogens is 1. The molecule has 1 N–H and O–H groups in total. The Morgan fingerprint density at radius 3 is 2.67 bits per heavy atom. The van der Waals surface area contributed by atoms with Crippen LogP contribution in [-0.2, 0) is 0 Å². The number of hydrogen-bond acceptors (Lipinski definition) is 1. The molecule has 1 rings (SSSR count). The van der Waals surface area contributed by atoms with E-state index in [0.717, 1.165) is 0 Å². The van der Waals surface area contributed by atoms with Crippen LogP contribution < -0.4 is 0 Å². The Bertz CT molecular complexity index is 331. The summed E-state index contributed by atoms with van der Waals surface area (Å²) in [6, 6.07) is 4.72. The van der Waals surface area contributed by atoms with Crippen LogP contribution in [0.25, 0.3) is 6.08 Å². The molecule has 1 aromatic carbocycles. The molecule has 0 heterocycles. The van der Waals surface area contributed by atoms with Crippen molar-refractivity contribution in [3.8, 4) is 0 Å². The van der Waals surface area contributed by atoms with Gasteiger partial charge in [0.2, 0.25) is 0 Å². The van der Waals surface area contributed by atoms with Crippen LogP contribution >= 0.6 is 11.6 Å². The monoisotopic (exact) mass is 182 g/mol. The molecule has 62 valence electrons. The van der Waals surface area contributed by atoms with Crippen LogP contribution in [0, 0.1) is 0 Å². The standard InChI is InChI=1S/C9H7ClO2/c1-2-6-7(9(11)12)4-3-5-8(6)10/h2-5H,1H2,(H,11,12). The van der Waals surface area contributed by atoms with Gasteiger partial charge in [-0.05, 0) is 12.1 Å². The molecule has 0 aliphatic heterocycles. The number of carbonyl (C=O) groups is 1. The third kappa shape index (κ3) is 1.48. The number of benzene rings is 1. The minimum Gasteiger partial charge on any atom is -0.478 e. The fourth-order valence-electron chi connectivity index (χ4n) is 0.931. The zero-order valence-electron chi connectivity index (χ0n) is 6.25. The van der Waals surface area contributed by atoms with Gasteiger partial charge in [0, 0.05) is 10.6 Å².